The van der Waals surface area contributed by atoms with Gasteiger partial charge >= 0.3 is 0 Å². The molecule has 0 bridgehead atoms. The zero-order valence-corrected chi connectivity index (χ0v) is 10.3. The van der Waals surface area contributed by atoms with Gasteiger partial charge in [-0.3, -0.25) is 9.78 Å². The topological polar surface area (TPSA) is 63.2 Å². The third-order valence-electron chi connectivity index (χ3n) is 2.59. The average Bonchev–Trinajstić information content (AvgIpc) is 2.27. The van der Waals surface area contributed by atoms with Crippen molar-refractivity contribution in [2.24, 2.45) is 0 Å². The summed E-state index contributed by atoms with van der Waals surface area (Å²) in [5, 5.41) is 6.21. The number of hydrogen-bond acceptors (Lipinski definition) is 4. The summed E-state index contributed by atoms with van der Waals surface area (Å²) in [5.41, 5.74) is 0.274. The maximum absolute atomic E-state index is 11.6. The molecule has 1 saturated heterocycles. The molecule has 2 heterocycles. The van der Waals surface area contributed by atoms with Crippen LogP contribution in [0.5, 0.6) is 0 Å². The molecule has 0 aliphatic carbocycles. The Bertz CT molecular complexity index is 421. The summed E-state index contributed by atoms with van der Waals surface area (Å²) < 4.78 is 5.50. The zero-order valence-electron chi connectivity index (χ0n) is 9.50. The molecule has 0 spiro atoms. The fourth-order valence-electron chi connectivity index (χ4n) is 1.47. The molecule has 0 atom stereocenters. The lowest BCUT2D eigenvalue weighted by Crippen LogP contribution is -2.59. The van der Waals surface area contributed by atoms with E-state index in [1.54, 1.807) is 12.3 Å². The molecule has 2 N–H and O–H groups in total. The third kappa shape index (κ3) is 3.15. The van der Waals surface area contributed by atoms with E-state index >= 15 is 0 Å². The molecule has 2 rings (SSSR count). The molecule has 5 nitrogen and oxygen atoms in total. The molecule has 0 aromatic carbocycles. The summed E-state index contributed by atoms with van der Waals surface area (Å²) in [5.74, 6) is -0.229. The van der Waals surface area contributed by atoms with Gasteiger partial charge in [0.15, 0.2) is 0 Å². The lowest BCUT2D eigenvalue weighted by atomic mass is 10.0. The van der Waals surface area contributed by atoms with E-state index in [0.29, 0.717) is 10.7 Å². The van der Waals surface area contributed by atoms with Crippen LogP contribution in [0.4, 0.5) is 5.69 Å². The lowest BCUT2D eigenvalue weighted by molar-refractivity contribution is -0.130. The molecule has 1 aliphatic heterocycles. The minimum atomic E-state index is -0.229. The summed E-state index contributed by atoms with van der Waals surface area (Å²) >= 11 is 5.89. The second-order valence-electron chi connectivity index (χ2n) is 4.25. The number of carbonyl (C=O) groups is 1. The Morgan fingerprint density at radius 3 is 3.06 bits per heavy atom. The standard InChI is InChI=1S/C11H14ClN3O2/c1-11(6-14-7-11)17-5-10(16)15-9-4-13-3-2-8(9)12/h2-4,14H,5-7H2,1H3,(H,15,16). The van der Waals surface area contributed by atoms with Crippen molar-refractivity contribution in [1.82, 2.24) is 10.3 Å². The van der Waals surface area contributed by atoms with E-state index in [0.717, 1.165) is 13.1 Å². The number of hydrogen-bond donors (Lipinski definition) is 2. The molecule has 1 fully saturated rings. The summed E-state index contributed by atoms with van der Waals surface area (Å²) in [6, 6.07) is 1.62. The summed E-state index contributed by atoms with van der Waals surface area (Å²) in [6.45, 7) is 3.53. The highest BCUT2D eigenvalue weighted by Gasteiger charge is 2.33. The smallest absolute Gasteiger partial charge is 0.250 e. The van der Waals surface area contributed by atoms with E-state index in [4.69, 9.17) is 16.3 Å². The van der Waals surface area contributed by atoms with Crippen molar-refractivity contribution < 1.29 is 9.53 Å². The first-order valence-corrected chi connectivity index (χ1v) is 5.71. The van der Waals surface area contributed by atoms with Gasteiger partial charge in [-0.25, -0.2) is 0 Å². The molecule has 1 aliphatic rings. The van der Waals surface area contributed by atoms with Gasteiger partial charge in [-0.05, 0) is 13.0 Å². The van der Waals surface area contributed by atoms with Crippen molar-refractivity contribution in [1.29, 1.82) is 0 Å². The van der Waals surface area contributed by atoms with E-state index in [-0.39, 0.29) is 18.1 Å². The first-order valence-electron chi connectivity index (χ1n) is 5.33. The first kappa shape index (κ1) is 12.3. The van der Waals surface area contributed by atoms with Crippen LogP contribution in [0.25, 0.3) is 0 Å². The van der Waals surface area contributed by atoms with E-state index in [9.17, 15) is 4.79 Å². The van der Waals surface area contributed by atoms with E-state index in [2.05, 4.69) is 15.6 Å². The molecular formula is C11H14ClN3O2. The molecule has 1 aromatic heterocycles. The maximum atomic E-state index is 11.6. The molecule has 0 saturated carbocycles. The number of amides is 1. The van der Waals surface area contributed by atoms with Gasteiger partial charge in [0.05, 0.1) is 22.5 Å². The SMILES string of the molecule is CC1(OCC(=O)Nc2cnccc2Cl)CNC1. The third-order valence-corrected chi connectivity index (χ3v) is 2.92. The predicted molar refractivity (Wildman–Crippen MR) is 65.1 cm³/mol. The van der Waals surface area contributed by atoms with Crippen LogP contribution in [0, 0.1) is 0 Å². The average molecular weight is 256 g/mol. The highest BCUT2D eigenvalue weighted by Crippen LogP contribution is 2.19. The van der Waals surface area contributed by atoms with Gasteiger partial charge in [0.2, 0.25) is 5.91 Å². The Labute approximate surface area is 105 Å². The van der Waals surface area contributed by atoms with E-state index in [1.165, 1.54) is 6.20 Å². The van der Waals surface area contributed by atoms with E-state index in [1.807, 2.05) is 6.92 Å². The van der Waals surface area contributed by atoms with Crippen LogP contribution in [0.15, 0.2) is 18.5 Å². The fraction of sp³-hybridized carbons (Fsp3) is 0.455. The molecule has 6 heteroatoms. The van der Waals surface area contributed by atoms with Crippen molar-refractivity contribution in [2.75, 3.05) is 25.0 Å². The number of halogens is 1. The minimum Gasteiger partial charge on any atom is -0.363 e. The van der Waals surface area contributed by atoms with Crippen molar-refractivity contribution in [2.45, 2.75) is 12.5 Å². The number of pyridine rings is 1. The molecule has 0 radical (unpaired) electrons. The van der Waals surface area contributed by atoms with Gasteiger partial charge < -0.3 is 15.4 Å². The lowest BCUT2D eigenvalue weighted by Gasteiger charge is -2.38. The molecule has 92 valence electrons. The van der Waals surface area contributed by atoms with Gasteiger partial charge in [0.25, 0.3) is 0 Å². The van der Waals surface area contributed by atoms with Crippen LogP contribution in [-0.2, 0) is 9.53 Å². The Kier molecular flexibility index (Phi) is 3.61. The van der Waals surface area contributed by atoms with Crippen LogP contribution < -0.4 is 10.6 Å². The summed E-state index contributed by atoms with van der Waals surface area (Å²) in [7, 11) is 0. The van der Waals surface area contributed by atoms with Crippen molar-refractivity contribution in [3.63, 3.8) is 0 Å². The number of anilines is 1. The van der Waals surface area contributed by atoms with Gasteiger partial charge in [-0.2, -0.15) is 0 Å². The number of nitrogens with one attached hydrogen (secondary N) is 2. The van der Waals surface area contributed by atoms with Crippen molar-refractivity contribution in [3.05, 3.63) is 23.5 Å². The Hall–Kier alpha value is -1.17. The first-order chi connectivity index (χ1) is 8.09. The van der Waals surface area contributed by atoms with Crippen LogP contribution >= 0.6 is 11.6 Å². The number of nitrogens with zero attached hydrogens (tertiary/aromatic N) is 1. The Morgan fingerprint density at radius 2 is 2.47 bits per heavy atom. The quantitative estimate of drug-likeness (QED) is 0.844. The second-order valence-corrected chi connectivity index (χ2v) is 4.65. The van der Waals surface area contributed by atoms with Gasteiger partial charge in [0.1, 0.15) is 6.61 Å². The highest BCUT2D eigenvalue weighted by molar-refractivity contribution is 6.33. The molecular weight excluding hydrogens is 242 g/mol. The van der Waals surface area contributed by atoms with Crippen LogP contribution in [0.3, 0.4) is 0 Å². The largest absolute Gasteiger partial charge is 0.363 e. The van der Waals surface area contributed by atoms with Crippen LogP contribution in [0.1, 0.15) is 6.92 Å². The monoisotopic (exact) mass is 255 g/mol. The summed E-state index contributed by atoms with van der Waals surface area (Å²) in [4.78, 5) is 15.5. The van der Waals surface area contributed by atoms with Gasteiger partial charge in [-0.1, -0.05) is 11.6 Å². The van der Waals surface area contributed by atoms with Crippen molar-refractivity contribution >= 4 is 23.2 Å². The molecule has 0 unspecified atom stereocenters. The molecule has 17 heavy (non-hydrogen) atoms. The number of rotatable bonds is 4. The number of ether oxygens (including phenoxy) is 1. The Morgan fingerprint density at radius 1 is 1.71 bits per heavy atom. The number of carbonyl (C=O) groups excluding carboxylic acids is 1. The predicted octanol–water partition coefficient (Wildman–Crippen LogP) is 1.05. The van der Waals surface area contributed by atoms with Crippen LogP contribution in [-0.4, -0.2) is 36.2 Å². The van der Waals surface area contributed by atoms with Crippen molar-refractivity contribution in [3.8, 4) is 0 Å². The van der Waals surface area contributed by atoms with Gasteiger partial charge in [0, 0.05) is 19.3 Å². The van der Waals surface area contributed by atoms with Gasteiger partial charge in [-0.15, -0.1) is 0 Å². The van der Waals surface area contributed by atoms with Crippen LogP contribution in [0.2, 0.25) is 5.02 Å². The van der Waals surface area contributed by atoms with E-state index < -0.39 is 0 Å². The Balaban J connectivity index is 1.83. The summed E-state index contributed by atoms with van der Waals surface area (Å²) in [6.07, 6.45) is 3.07. The molecule has 1 aromatic rings. The fourth-order valence-corrected chi connectivity index (χ4v) is 1.63. The highest BCUT2D eigenvalue weighted by atomic mass is 35.5. The maximum Gasteiger partial charge on any atom is 0.250 e. The number of aromatic nitrogens is 1. The zero-order chi connectivity index (χ0) is 12.3. The normalized spacial score (nSPS) is 17.3. The minimum absolute atomic E-state index is 0.0173. The second kappa shape index (κ2) is 5.00. The molecule has 1 amide bonds.